The maximum Gasteiger partial charge on any atom is 0.0207 e. The fourth-order valence-corrected chi connectivity index (χ4v) is 0.381. The Balaban J connectivity index is 2.45. The molecule has 0 aromatic rings. The van der Waals surface area contributed by atoms with Gasteiger partial charge in [0, 0.05) is 6.54 Å². The summed E-state index contributed by atoms with van der Waals surface area (Å²) in [4.78, 5) is 0. The van der Waals surface area contributed by atoms with Crippen molar-refractivity contribution in [1.82, 2.24) is 5.48 Å². The van der Waals surface area contributed by atoms with Gasteiger partial charge in [-0.15, -0.1) is 0 Å². The molecule has 0 amide bonds. The van der Waals surface area contributed by atoms with Crippen LogP contribution in [0.1, 0.15) is 19.3 Å². The molecule has 0 rings (SSSR count). The first-order valence-electron chi connectivity index (χ1n) is 2.58. The van der Waals surface area contributed by atoms with Crippen LogP contribution < -0.4 is 5.48 Å². The van der Waals surface area contributed by atoms with E-state index in [2.05, 4.69) is 12.4 Å². The SMILES string of the molecule is [CH2]CCCCNO. The van der Waals surface area contributed by atoms with Crippen LogP contribution in [0.25, 0.3) is 0 Å². The zero-order valence-electron chi connectivity index (χ0n) is 4.48. The molecular formula is C5H12NO. The third-order valence-electron chi connectivity index (χ3n) is 0.789. The van der Waals surface area contributed by atoms with E-state index in [1.54, 1.807) is 0 Å². The molecule has 0 fully saturated rings. The molecule has 0 aromatic carbocycles. The van der Waals surface area contributed by atoms with Crippen molar-refractivity contribution in [3.8, 4) is 0 Å². The Morgan fingerprint density at radius 1 is 1.43 bits per heavy atom. The van der Waals surface area contributed by atoms with E-state index >= 15 is 0 Å². The molecule has 0 aliphatic rings. The Morgan fingerprint density at radius 2 is 2.14 bits per heavy atom. The number of rotatable bonds is 4. The molecule has 7 heavy (non-hydrogen) atoms. The second-order valence-corrected chi connectivity index (χ2v) is 1.47. The Morgan fingerprint density at radius 3 is 2.57 bits per heavy atom. The molecule has 2 N–H and O–H groups in total. The second-order valence-electron chi connectivity index (χ2n) is 1.47. The Bertz CT molecular complexity index is 27.3. The van der Waals surface area contributed by atoms with Crippen molar-refractivity contribution < 1.29 is 5.21 Å². The summed E-state index contributed by atoms with van der Waals surface area (Å²) in [5.41, 5.74) is 2.07. The highest BCUT2D eigenvalue weighted by Gasteiger charge is 1.79. The minimum atomic E-state index is 0.690. The van der Waals surface area contributed by atoms with E-state index in [0.29, 0.717) is 6.54 Å². The fraction of sp³-hybridized carbons (Fsp3) is 0.800. The lowest BCUT2D eigenvalue weighted by atomic mass is 10.3. The second kappa shape index (κ2) is 5.92. The summed E-state index contributed by atoms with van der Waals surface area (Å²) in [5.74, 6) is 0. The van der Waals surface area contributed by atoms with Gasteiger partial charge in [0.05, 0.1) is 0 Å². The minimum absolute atomic E-state index is 0.690. The molecule has 0 aliphatic carbocycles. The van der Waals surface area contributed by atoms with E-state index in [9.17, 15) is 0 Å². The highest BCUT2D eigenvalue weighted by atomic mass is 16.5. The van der Waals surface area contributed by atoms with E-state index in [1.165, 1.54) is 0 Å². The van der Waals surface area contributed by atoms with Gasteiger partial charge in [-0.2, -0.15) is 0 Å². The summed E-state index contributed by atoms with van der Waals surface area (Å²) in [6.07, 6.45) is 3.06. The van der Waals surface area contributed by atoms with E-state index in [0.717, 1.165) is 19.3 Å². The lowest BCUT2D eigenvalue weighted by Crippen LogP contribution is -2.07. The Labute approximate surface area is 44.5 Å². The maximum absolute atomic E-state index is 8.02. The van der Waals surface area contributed by atoms with Crippen LogP contribution >= 0.6 is 0 Å². The first-order chi connectivity index (χ1) is 3.41. The zero-order valence-corrected chi connectivity index (χ0v) is 4.48. The number of hydroxylamine groups is 1. The lowest BCUT2D eigenvalue weighted by Gasteiger charge is -1.92. The van der Waals surface area contributed by atoms with Crippen molar-refractivity contribution in [2.75, 3.05) is 6.54 Å². The van der Waals surface area contributed by atoms with Gasteiger partial charge < -0.3 is 5.21 Å². The van der Waals surface area contributed by atoms with Gasteiger partial charge in [0.1, 0.15) is 0 Å². The van der Waals surface area contributed by atoms with Gasteiger partial charge >= 0.3 is 0 Å². The Hall–Kier alpha value is -0.0800. The first kappa shape index (κ1) is 6.92. The highest BCUT2D eigenvalue weighted by molar-refractivity contribution is 4.42. The zero-order chi connectivity index (χ0) is 5.54. The van der Waals surface area contributed by atoms with Gasteiger partial charge in [-0.1, -0.05) is 19.8 Å². The van der Waals surface area contributed by atoms with Gasteiger partial charge in [0.25, 0.3) is 0 Å². The van der Waals surface area contributed by atoms with Gasteiger partial charge in [-0.3, -0.25) is 0 Å². The third-order valence-corrected chi connectivity index (χ3v) is 0.789. The monoisotopic (exact) mass is 102 g/mol. The van der Waals surface area contributed by atoms with Crippen LogP contribution in [0.5, 0.6) is 0 Å². The number of hydrogen-bond donors (Lipinski definition) is 2. The van der Waals surface area contributed by atoms with E-state index < -0.39 is 0 Å². The topological polar surface area (TPSA) is 32.3 Å². The molecule has 2 nitrogen and oxygen atoms in total. The van der Waals surface area contributed by atoms with Crippen LogP contribution in [0, 0.1) is 6.92 Å². The van der Waals surface area contributed by atoms with Gasteiger partial charge in [-0.05, 0) is 6.42 Å². The average Bonchev–Trinajstić information content (AvgIpc) is 1.69. The van der Waals surface area contributed by atoms with Crippen molar-refractivity contribution in [3.63, 3.8) is 0 Å². The predicted molar refractivity (Wildman–Crippen MR) is 29.0 cm³/mol. The lowest BCUT2D eigenvalue weighted by molar-refractivity contribution is 0.165. The maximum atomic E-state index is 8.02. The third kappa shape index (κ3) is 5.92. The van der Waals surface area contributed by atoms with Crippen LogP contribution in [0.4, 0.5) is 0 Å². The van der Waals surface area contributed by atoms with Gasteiger partial charge in [-0.25, -0.2) is 5.48 Å². The van der Waals surface area contributed by atoms with Crippen molar-refractivity contribution in [3.05, 3.63) is 6.92 Å². The summed E-state index contributed by atoms with van der Waals surface area (Å²) in [7, 11) is 0. The highest BCUT2D eigenvalue weighted by Crippen LogP contribution is 1.89. The number of unbranched alkanes of at least 4 members (excludes halogenated alkanes) is 2. The quantitative estimate of drug-likeness (QED) is 0.409. The van der Waals surface area contributed by atoms with E-state index in [1.807, 2.05) is 0 Å². The fourth-order valence-electron chi connectivity index (χ4n) is 0.381. The first-order valence-corrected chi connectivity index (χ1v) is 2.58. The standard InChI is InChI=1S/C5H12NO/c1-2-3-4-5-6-7/h6-7H,1-5H2. The molecule has 0 atom stereocenters. The van der Waals surface area contributed by atoms with Crippen molar-refractivity contribution in [2.45, 2.75) is 19.3 Å². The van der Waals surface area contributed by atoms with Gasteiger partial charge in [0.15, 0.2) is 0 Å². The van der Waals surface area contributed by atoms with Crippen LogP contribution in [0.15, 0.2) is 0 Å². The largest absolute Gasteiger partial charge is 0.317 e. The average molecular weight is 102 g/mol. The molecule has 0 saturated heterocycles. The van der Waals surface area contributed by atoms with Crippen molar-refractivity contribution in [2.24, 2.45) is 0 Å². The minimum Gasteiger partial charge on any atom is -0.317 e. The number of hydrogen-bond acceptors (Lipinski definition) is 2. The normalized spacial score (nSPS) is 9.43. The summed E-state index contributed by atoms with van der Waals surface area (Å²) in [6, 6.07) is 0. The predicted octanol–water partition coefficient (Wildman–Crippen LogP) is 0.970. The summed E-state index contributed by atoms with van der Waals surface area (Å²) >= 11 is 0. The van der Waals surface area contributed by atoms with E-state index in [4.69, 9.17) is 5.21 Å². The van der Waals surface area contributed by atoms with Crippen molar-refractivity contribution in [1.29, 1.82) is 0 Å². The molecule has 0 unspecified atom stereocenters. The molecule has 0 bridgehead atoms. The molecule has 1 radical (unpaired) electrons. The van der Waals surface area contributed by atoms with Gasteiger partial charge in [0.2, 0.25) is 0 Å². The molecule has 0 aromatic heterocycles. The van der Waals surface area contributed by atoms with Crippen LogP contribution in [0.2, 0.25) is 0 Å². The molecule has 0 aliphatic heterocycles. The van der Waals surface area contributed by atoms with Crippen LogP contribution in [-0.4, -0.2) is 11.8 Å². The summed E-state index contributed by atoms with van der Waals surface area (Å²) in [6.45, 7) is 4.34. The summed E-state index contributed by atoms with van der Waals surface area (Å²) in [5, 5.41) is 8.02. The number of nitrogens with one attached hydrogen (secondary N) is 1. The molecule has 2 heteroatoms. The summed E-state index contributed by atoms with van der Waals surface area (Å²) < 4.78 is 0. The smallest absolute Gasteiger partial charge is 0.0207 e. The van der Waals surface area contributed by atoms with Crippen molar-refractivity contribution >= 4 is 0 Å². The van der Waals surface area contributed by atoms with Crippen LogP contribution in [-0.2, 0) is 0 Å². The molecule has 0 saturated carbocycles. The Kier molecular flexibility index (Phi) is 5.85. The molecule has 0 heterocycles. The molecular weight excluding hydrogens is 90.1 g/mol. The molecule has 0 spiro atoms. The van der Waals surface area contributed by atoms with Crippen LogP contribution in [0.3, 0.4) is 0 Å². The molecule has 43 valence electrons. The van der Waals surface area contributed by atoms with E-state index in [-0.39, 0.29) is 0 Å².